The summed E-state index contributed by atoms with van der Waals surface area (Å²) in [5, 5.41) is 2.68. The highest BCUT2D eigenvalue weighted by atomic mass is 16.2. The minimum absolute atomic E-state index is 0.115. The van der Waals surface area contributed by atoms with Crippen molar-refractivity contribution in [2.45, 2.75) is 20.4 Å². The lowest BCUT2D eigenvalue weighted by Crippen LogP contribution is -2.41. The van der Waals surface area contributed by atoms with Gasteiger partial charge >= 0.3 is 0 Å². The molecule has 0 aliphatic heterocycles. The number of carbonyl (C=O) groups excluding carboxylic acids is 3. The summed E-state index contributed by atoms with van der Waals surface area (Å²) in [5.74, 6) is -0.914. The third-order valence-electron chi connectivity index (χ3n) is 3.36. The number of hydrazine groups is 1. The van der Waals surface area contributed by atoms with Gasteiger partial charge in [0, 0.05) is 24.6 Å². The summed E-state index contributed by atoms with van der Waals surface area (Å²) in [6.45, 7) is 3.78. The average Bonchev–Trinajstić information content (AvgIpc) is 2.58. The van der Waals surface area contributed by atoms with Crippen LogP contribution in [0.1, 0.15) is 38.8 Å². The van der Waals surface area contributed by atoms with Crippen LogP contribution < -0.4 is 16.2 Å². The molecule has 3 N–H and O–H groups in total. The molecule has 24 heavy (non-hydrogen) atoms. The first-order valence-electron chi connectivity index (χ1n) is 7.46. The molecule has 124 valence electrons. The van der Waals surface area contributed by atoms with Gasteiger partial charge in [0.15, 0.2) is 0 Å². The number of amides is 3. The Morgan fingerprint density at radius 1 is 0.792 bits per heavy atom. The molecule has 0 aromatic heterocycles. The second-order valence-corrected chi connectivity index (χ2v) is 5.38. The molecule has 0 atom stereocenters. The molecular weight excluding hydrogens is 306 g/mol. The van der Waals surface area contributed by atoms with Gasteiger partial charge in [0.05, 0.1) is 0 Å². The maximum absolute atomic E-state index is 12.0. The highest BCUT2D eigenvalue weighted by Gasteiger charge is 2.09. The number of rotatable bonds is 4. The second-order valence-electron chi connectivity index (χ2n) is 5.38. The average molecular weight is 325 g/mol. The molecule has 0 aliphatic carbocycles. The quantitative estimate of drug-likeness (QED) is 0.748. The van der Waals surface area contributed by atoms with Gasteiger partial charge in [0.25, 0.3) is 11.8 Å². The van der Waals surface area contributed by atoms with E-state index in [1.807, 2.05) is 19.1 Å². The Kier molecular flexibility index (Phi) is 5.68. The largest absolute Gasteiger partial charge is 0.352 e. The molecule has 0 aliphatic rings. The van der Waals surface area contributed by atoms with Crippen molar-refractivity contribution >= 4 is 17.7 Å². The van der Waals surface area contributed by atoms with Crippen LogP contribution in [0.5, 0.6) is 0 Å². The summed E-state index contributed by atoms with van der Waals surface area (Å²) in [4.78, 5) is 34.8. The zero-order chi connectivity index (χ0) is 17.5. The molecule has 3 amide bonds. The summed E-state index contributed by atoms with van der Waals surface area (Å²) in [6, 6.07) is 13.8. The van der Waals surface area contributed by atoms with E-state index in [9.17, 15) is 14.4 Å². The number of aryl methyl sites for hydroxylation is 1. The second kappa shape index (κ2) is 7.92. The molecule has 2 aromatic rings. The monoisotopic (exact) mass is 325 g/mol. The van der Waals surface area contributed by atoms with Crippen molar-refractivity contribution in [3.8, 4) is 0 Å². The zero-order valence-corrected chi connectivity index (χ0v) is 13.6. The Bertz CT molecular complexity index is 737. The fourth-order valence-electron chi connectivity index (χ4n) is 1.96. The molecule has 0 saturated carbocycles. The summed E-state index contributed by atoms with van der Waals surface area (Å²) >= 11 is 0. The van der Waals surface area contributed by atoms with Gasteiger partial charge in [-0.3, -0.25) is 25.2 Å². The first-order valence-corrected chi connectivity index (χ1v) is 7.46. The van der Waals surface area contributed by atoms with Crippen molar-refractivity contribution in [3.63, 3.8) is 0 Å². The Hall–Kier alpha value is -3.15. The molecule has 0 spiro atoms. The van der Waals surface area contributed by atoms with E-state index < -0.39 is 5.91 Å². The van der Waals surface area contributed by atoms with E-state index in [4.69, 9.17) is 0 Å². The molecule has 2 rings (SSSR count). The first kappa shape index (κ1) is 17.2. The number of hydrogen-bond acceptors (Lipinski definition) is 3. The number of carbonyl (C=O) groups is 3. The van der Waals surface area contributed by atoms with Gasteiger partial charge in [0.1, 0.15) is 0 Å². The molecular formula is C18H19N3O3. The first-order chi connectivity index (χ1) is 11.5. The van der Waals surface area contributed by atoms with E-state index in [2.05, 4.69) is 16.2 Å². The third-order valence-corrected chi connectivity index (χ3v) is 3.36. The smallest absolute Gasteiger partial charge is 0.269 e. The van der Waals surface area contributed by atoms with E-state index >= 15 is 0 Å². The van der Waals surface area contributed by atoms with Crippen LogP contribution in [0.25, 0.3) is 0 Å². The van der Waals surface area contributed by atoms with Crippen LogP contribution in [0.2, 0.25) is 0 Å². The predicted octanol–water partition coefficient (Wildman–Crippen LogP) is 1.71. The number of benzene rings is 2. The molecule has 0 unspecified atom stereocenters. The van der Waals surface area contributed by atoms with Gasteiger partial charge in [-0.25, -0.2) is 0 Å². The van der Waals surface area contributed by atoms with Crippen molar-refractivity contribution in [1.29, 1.82) is 0 Å². The standard InChI is InChI=1S/C18H19N3O3/c1-12-3-7-15(8-4-12)17(23)20-21-18(24)16-9-5-14(6-10-16)11-19-13(2)22/h3-10H,11H2,1-2H3,(H,19,22)(H,20,23)(H,21,24). The molecule has 0 saturated heterocycles. The summed E-state index contributed by atoms with van der Waals surface area (Å²) in [6.07, 6.45) is 0. The zero-order valence-electron chi connectivity index (χ0n) is 13.6. The molecule has 6 nitrogen and oxygen atoms in total. The van der Waals surface area contributed by atoms with E-state index in [0.717, 1.165) is 11.1 Å². The Morgan fingerprint density at radius 3 is 1.71 bits per heavy atom. The number of hydrogen-bond donors (Lipinski definition) is 3. The summed E-state index contributed by atoms with van der Waals surface area (Å²) in [7, 11) is 0. The van der Waals surface area contributed by atoms with Gasteiger partial charge in [0.2, 0.25) is 5.91 Å². The van der Waals surface area contributed by atoms with Gasteiger partial charge < -0.3 is 5.32 Å². The molecule has 0 bridgehead atoms. The minimum Gasteiger partial charge on any atom is -0.352 e. The fraction of sp³-hybridized carbons (Fsp3) is 0.167. The Morgan fingerprint density at radius 2 is 1.25 bits per heavy atom. The molecule has 0 fully saturated rings. The highest BCUT2D eigenvalue weighted by Crippen LogP contribution is 2.05. The van der Waals surface area contributed by atoms with Gasteiger partial charge in [-0.1, -0.05) is 29.8 Å². The topological polar surface area (TPSA) is 87.3 Å². The maximum atomic E-state index is 12.0. The predicted molar refractivity (Wildman–Crippen MR) is 90.1 cm³/mol. The Balaban J connectivity index is 1.89. The van der Waals surface area contributed by atoms with Crippen LogP contribution in [0.15, 0.2) is 48.5 Å². The lowest BCUT2D eigenvalue weighted by molar-refractivity contribution is -0.119. The van der Waals surface area contributed by atoms with Crippen molar-refractivity contribution in [1.82, 2.24) is 16.2 Å². The molecule has 2 aromatic carbocycles. The lowest BCUT2D eigenvalue weighted by atomic mass is 10.1. The minimum atomic E-state index is -0.415. The SMILES string of the molecule is CC(=O)NCc1ccc(C(=O)NNC(=O)c2ccc(C)cc2)cc1. The van der Waals surface area contributed by atoms with Crippen molar-refractivity contribution < 1.29 is 14.4 Å². The number of nitrogens with one attached hydrogen (secondary N) is 3. The maximum Gasteiger partial charge on any atom is 0.269 e. The van der Waals surface area contributed by atoms with Crippen LogP contribution in [-0.2, 0) is 11.3 Å². The molecule has 0 radical (unpaired) electrons. The lowest BCUT2D eigenvalue weighted by Gasteiger charge is -2.08. The van der Waals surface area contributed by atoms with Gasteiger partial charge in [-0.2, -0.15) is 0 Å². The van der Waals surface area contributed by atoms with Crippen molar-refractivity contribution in [2.75, 3.05) is 0 Å². The Labute approximate surface area is 140 Å². The fourth-order valence-corrected chi connectivity index (χ4v) is 1.96. The third kappa shape index (κ3) is 4.95. The van der Waals surface area contributed by atoms with E-state index in [1.54, 1.807) is 36.4 Å². The van der Waals surface area contributed by atoms with E-state index in [0.29, 0.717) is 17.7 Å². The van der Waals surface area contributed by atoms with Crippen LogP contribution in [-0.4, -0.2) is 17.7 Å². The molecule has 0 heterocycles. The van der Waals surface area contributed by atoms with Crippen LogP contribution in [0.4, 0.5) is 0 Å². The van der Waals surface area contributed by atoms with Crippen LogP contribution in [0.3, 0.4) is 0 Å². The van der Waals surface area contributed by atoms with Crippen molar-refractivity contribution in [2.24, 2.45) is 0 Å². The van der Waals surface area contributed by atoms with Crippen LogP contribution in [0, 0.1) is 6.92 Å². The van der Waals surface area contributed by atoms with E-state index in [1.165, 1.54) is 6.92 Å². The molecule has 6 heteroatoms. The van der Waals surface area contributed by atoms with Crippen molar-refractivity contribution in [3.05, 3.63) is 70.8 Å². The van der Waals surface area contributed by atoms with E-state index in [-0.39, 0.29) is 11.8 Å². The summed E-state index contributed by atoms with van der Waals surface area (Å²) in [5.41, 5.74) is 7.55. The highest BCUT2D eigenvalue weighted by molar-refractivity contribution is 5.99. The van der Waals surface area contributed by atoms with Gasteiger partial charge in [-0.05, 0) is 36.8 Å². The normalized spacial score (nSPS) is 9.92. The summed E-state index contributed by atoms with van der Waals surface area (Å²) < 4.78 is 0. The van der Waals surface area contributed by atoms with Gasteiger partial charge in [-0.15, -0.1) is 0 Å². The van der Waals surface area contributed by atoms with Crippen LogP contribution >= 0.6 is 0 Å².